The van der Waals surface area contributed by atoms with Crippen LogP contribution in [0.2, 0.25) is 0 Å². The molecule has 12 aromatic rings. The molecule has 9 aromatic carbocycles. The van der Waals surface area contributed by atoms with Gasteiger partial charge in [-0.25, -0.2) is 4.98 Å². The smallest absolute Gasteiger partial charge is 0.269 e. The van der Waals surface area contributed by atoms with Crippen molar-refractivity contribution in [1.82, 2.24) is 14.1 Å². The van der Waals surface area contributed by atoms with Crippen molar-refractivity contribution in [1.29, 1.82) is 0 Å². The molecule has 412 valence electrons. The average molecular weight is 1090 g/mol. The molecular formula is C78H74N4O. The predicted molar refractivity (Wildman–Crippen MR) is 347 cm³/mol. The SMILES string of the molecule is [2H]C([2H])([2H])c1cccc(C([2H])([2H])[2H])c1-c1cc(-c2cc(C(C)(C)C)cc(C(C)(C)C)c2)c2c(c1)-c1ccccc1-c1ccccc1-c1cc(C(C)(C)C)cc3c1[n+]-2[c-]n3-c1cccc(Oc2ccc3c4ccccc4n(-c4cc(C(C)(C)C)ccn4)c3c2)c1. The summed E-state index contributed by atoms with van der Waals surface area (Å²) in [6, 6.07) is 64.4. The van der Waals surface area contributed by atoms with Gasteiger partial charge in [0.15, 0.2) is 0 Å². The van der Waals surface area contributed by atoms with Crippen molar-refractivity contribution in [2.75, 3.05) is 0 Å². The number of rotatable bonds is 6. The Hall–Kier alpha value is -8.80. The first kappa shape index (κ1) is 46.8. The zero-order valence-electron chi connectivity index (χ0n) is 55.7. The number of hydrogen-bond donors (Lipinski definition) is 0. The molecule has 0 saturated carbocycles. The van der Waals surface area contributed by atoms with Gasteiger partial charge < -0.3 is 4.74 Å². The van der Waals surface area contributed by atoms with Crippen LogP contribution in [0.1, 0.15) is 125 Å². The highest BCUT2D eigenvalue weighted by Crippen LogP contribution is 2.49. The molecule has 83 heavy (non-hydrogen) atoms. The minimum Gasteiger partial charge on any atom is -0.458 e. The van der Waals surface area contributed by atoms with E-state index >= 15 is 0 Å². The molecule has 1 aliphatic heterocycles. The lowest BCUT2D eigenvalue weighted by Crippen LogP contribution is -2.32. The third-order valence-electron chi connectivity index (χ3n) is 16.8. The van der Waals surface area contributed by atoms with E-state index in [-0.39, 0.29) is 38.4 Å². The van der Waals surface area contributed by atoms with Crippen LogP contribution in [0.3, 0.4) is 0 Å². The van der Waals surface area contributed by atoms with Gasteiger partial charge in [0.1, 0.15) is 17.3 Å². The van der Waals surface area contributed by atoms with Crippen molar-refractivity contribution in [3.8, 4) is 84.3 Å². The van der Waals surface area contributed by atoms with Crippen LogP contribution in [0.4, 0.5) is 0 Å². The fourth-order valence-corrected chi connectivity index (χ4v) is 12.2. The number of aryl methyl sites for hydroxylation is 2. The van der Waals surface area contributed by atoms with Crippen LogP contribution in [-0.2, 0) is 21.7 Å². The Balaban J connectivity index is 1.12. The Morgan fingerprint density at radius 3 is 1.65 bits per heavy atom. The number of para-hydroxylation sites is 1. The lowest BCUT2D eigenvalue weighted by atomic mass is 9.78. The summed E-state index contributed by atoms with van der Waals surface area (Å²) < 4.78 is 67.5. The van der Waals surface area contributed by atoms with Gasteiger partial charge in [-0.05, 0) is 191 Å². The van der Waals surface area contributed by atoms with Gasteiger partial charge in [-0.15, -0.1) is 0 Å². The zero-order chi connectivity index (χ0) is 63.1. The van der Waals surface area contributed by atoms with E-state index in [0.717, 1.165) is 111 Å². The van der Waals surface area contributed by atoms with Crippen LogP contribution in [0.25, 0.3) is 106 Å². The molecule has 13 rings (SSSR count). The van der Waals surface area contributed by atoms with E-state index in [4.69, 9.17) is 17.9 Å². The van der Waals surface area contributed by atoms with Crippen molar-refractivity contribution >= 4 is 32.8 Å². The standard InChI is InChI=1S/C78H74N4O/c1-48-23-21-24-49(2)72(48)51-39-65(50-37-53(76(6,7)8)41-54(38-50)77(9,10)11)73-66(40-51)61-29-17-15-27-59(61)60-28-16-18-30-62(60)67-42-55(78(12,13)14)43-70-74(67)81(73)47-80(70)56-25-22-26-57(45-56)83-58-33-34-64-63-31-19-20-32-68(63)82(69(64)46-58)71-44-52(35-36-79-71)75(3,4)5/h15-46H,1-14H3/i1D3,2D3. The largest absolute Gasteiger partial charge is 0.458 e. The van der Waals surface area contributed by atoms with Crippen LogP contribution in [0.15, 0.2) is 194 Å². The summed E-state index contributed by atoms with van der Waals surface area (Å²) >= 11 is 0. The molecule has 0 fully saturated rings. The summed E-state index contributed by atoms with van der Waals surface area (Å²) in [6.07, 6.45) is 5.93. The number of fused-ring (bicyclic) bond motifs is 10. The highest BCUT2D eigenvalue weighted by molar-refractivity contribution is 6.09. The van der Waals surface area contributed by atoms with Crippen LogP contribution >= 0.6 is 0 Å². The van der Waals surface area contributed by atoms with Gasteiger partial charge in [-0.2, -0.15) is 0 Å². The van der Waals surface area contributed by atoms with E-state index in [1.807, 2.05) is 42.6 Å². The summed E-state index contributed by atoms with van der Waals surface area (Å²) in [5.74, 6) is 2.13. The van der Waals surface area contributed by atoms with Crippen LogP contribution in [-0.4, -0.2) is 14.1 Å². The molecule has 0 aliphatic carbocycles. The van der Waals surface area contributed by atoms with Crippen molar-refractivity contribution in [2.24, 2.45) is 0 Å². The van der Waals surface area contributed by atoms with Gasteiger partial charge in [0.25, 0.3) is 6.33 Å². The summed E-state index contributed by atoms with van der Waals surface area (Å²) in [6.45, 7) is 21.4. The molecular weight excluding hydrogens is 1010 g/mol. The quantitative estimate of drug-likeness (QED) is 0.123. The van der Waals surface area contributed by atoms with E-state index in [1.54, 1.807) is 18.2 Å². The summed E-state index contributed by atoms with van der Waals surface area (Å²) in [4.78, 5) is 4.94. The molecule has 0 atom stereocenters. The van der Waals surface area contributed by atoms with Crippen molar-refractivity contribution < 1.29 is 17.5 Å². The minimum absolute atomic E-state index is 0.0299. The number of benzene rings is 9. The Morgan fingerprint density at radius 2 is 1.00 bits per heavy atom. The van der Waals surface area contributed by atoms with Gasteiger partial charge in [0.05, 0.1) is 33.4 Å². The summed E-state index contributed by atoms with van der Waals surface area (Å²) in [7, 11) is 0. The van der Waals surface area contributed by atoms with Gasteiger partial charge in [0.2, 0.25) is 0 Å². The summed E-state index contributed by atoms with van der Waals surface area (Å²) in [5.41, 5.74) is 17.0. The van der Waals surface area contributed by atoms with Gasteiger partial charge in [-0.3, -0.25) is 13.7 Å². The highest BCUT2D eigenvalue weighted by Gasteiger charge is 2.31. The van der Waals surface area contributed by atoms with E-state index in [9.17, 15) is 0 Å². The van der Waals surface area contributed by atoms with E-state index in [0.29, 0.717) is 17.1 Å². The van der Waals surface area contributed by atoms with Gasteiger partial charge in [0, 0.05) is 31.3 Å². The van der Waals surface area contributed by atoms with E-state index in [2.05, 4.69) is 237 Å². The molecule has 5 heteroatoms. The molecule has 0 unspecified atom stereocenters. The number of hydrogen-bond acceptors (Lipinski definition) is 2. The first-order chi connectivity index (χ1) is 41.9. The maximum atomic E-state index is 8.98. The van der Waals surface area contributed by atoms with E-state index < -0.39 is 13.7 Å². The maximum Gasteiger partial charge on any atom is 0.269 e. The molecule has 3 aromatic heterocycles. The first-order valence-electron chi connectivity index (χ1n) is 31.9. The highest BCUT2D eigenvalue weighted by atomic mass is 16.5. The molecule has 0 N–H and O–H groups in total. The number of nitrogens with zero attached hydrogens (tertiary/aromatic N) is 4. The number of imidazole rings is 1. The lowest BCUT2D eigenvalue weighted by molar-refractivity contribution is -0.570. The fourth-order valence-electron chi connectivity index (χ4n) is 12.2. The van der Waals surface area contributed by atoms with Crippen molar-refractivity contribution in [3.05, 3.63) is 234 Å². The molecule has 5 nitrogen and oxygen atoms in total. The average Bonchev–Trinajstić information content (AvgIpc) is 1.71. The van der Waals surface area contributed by atoms with Gasteiger partial charge >= 0.3 is 0 Å². The third-order valence-corrected chi connectivity index (χ3v) is 16.8. The lowest BCUT2D eigenvalue weighted by Gasteiger charge is -2.28. The normalized spacial score (nSPS) is 14.1. The van der Waals surface area contributed by atoms with Crippen LogP contribution in [0, 0.1) is 20.0 Å². The number of ether oxygens (including phenoxy) is 1. The zero-order valence-corrected chi connectivity index (χ0v) is 49.7. The Labute approximate surface area is 499 Å². The van der Waals surface area contributed by atoms with Crippen molar-refractivity contribution in [2.45, 2.75) is 118 Å². The fraction of sp³-hybridized carbons (Fsp3) is 0.231. The second kappa shape index (κ2) is 19.4. The third kappa shape index (κ3) is 9.35. The molecule has 0 spiro atoms. The second-order valence-corrected chi connectivity index (χ2v) is 26.7. The number of pyridine rings is 1. The molecule has 0 amide bonds. The predicted octanol–water partition coefficient (Wildman–Crippen LogP) is 20.4. The molecule has 4 heterocycles. The molecule has 0 bridgehead atoms. The Kier molecular flexibility index (Phi) is 10.9. The monoisotopic (exact) mass is 1090 g/mol. The van der Waals surface area contributed by atoms with Crippen molar-refractivity contribution in [3.63, 3.8) is 0 Å². The number of aromatic nitrogens is 4. The Bertz CT molecular complexity index is 4770. The topological polar surface area (TPSA) is 35.9 Å². The van der Waals surface area contributed by atoms with E-state index in [1.165, 1.54) is 5.56 Å². The van der Waals surface area contributed by atoms with Gasteiger partial charge in [-0.1, -0.05) is 198 Å². The van der Waals surface area contributed by atoms with Crippen LogP contribution in [0.5, 0.6) is 11.5 Å². The van der Waals surface area contributed by atoms with Crippen LogP contribution < -0.4 is 9.30 Å². The second-order valence-electron chi connectivity index (χ2n) is 26.7. The first-order valence-corrected chi connectivity index (χ1v) is 28.9. The summed E-state index contributed by atoms with van der Waals surface area (Å²) in [5, 5.41) is 2.22. The molecule has 0 saturated heterocycles. The minimum atomic E-state index is -2.66. The molecule has 0 radical (unpaired) electrons. The maximum absolute atomic E-state index is 8.98. The Morgan fingerprint density at radius 1 is 0.434 bits per heavy atom. The molecule has 1 aliphatic rings.